The molecule has 7 unspecified atom stereocenters. The van der Waals surface area contributed by atoms with Crippen LogP contribution in [0.4, 0.5) is 17.8 Å². The van der Waals surface area contributed by atoms with Gasteiger partial charge in [-0.1, -0.05) is 0 Å². The van der Waals surface area contributed by atoms with Gasteiger partial charge in [-0.2, -0.15) is 46.0 Å². The number of rotatable bonds is 31. The van der Waals surface area contributed by atoms with Crippen molar-refractivity contribution in [2.45, 2.75) is 121 Å². The average molecular weight is 830 g/mol. The Hall–Kier alpha value is -2.55. The van der Waals surface area contributed by atoms with E-state index >= 15 is 0 Å². The molecule has 1 aromatic heterocycles. The van der Waals surface area contributed by atoms with Crippen molar-refractivity contribution in [2.75, 3.05) is 29.8 Å². The molecule has 0 fully saturated rings. The summed E-state index contributed by atoms with van der Waals surface area (Å²) in [6.45, 7) is 0. The van der Waals surface area contributed by atoms with Gasteiger partial charge in [0.1, 0.15) is 49.9 Å². The summed E-state index contributed by atoms with van der Waals surface area (Å²) < 4.78 is 99.6. The lowest BCUT2D eigenvalue weighted by atomic mass is 10.1. The van der Waals surface area contributed by atoms with Crippen molar-refractivity contribution in [3.63, 3.8) is 0 Å². The molecule has 0 aliphatic carbocycles. The number of thiol groups is 1. The molecule has 0 aromatic carbocycles. The molecule has 0 saturated heterocycles. The number of nitrogens with one attached hydrogen (secondary N) is 5. The fraction of sp³-hybridized carbons (Fsp3) is 0.840. The Morgan fingerprint density at radius 3 is 1.60 bits per heavy atom. The number of unbranched alkanes of at least 4 members (excludes halogenated alkanes) is 1. The first kappa shape index (κ1) is 48.5. The largest absolute Gasteiger partial charge is 0.378 e. The van der Waals surface area contributed by atoms with Crippen LogP contribution >= 0.6 is 0 Å². The molecule has 0 saturated carbocycles. The third-order valence-electron chi connectivity index (χ3n) is 7.08. The second-order valence-electron chi connectivity index (χ2n) is 11.4. The first-order valence-corrected chi connectivity index (χ1v) is 20.2. The van der Waals surface area contributed by atoms with Crippen molar-refractivity contribution >= 4 is 55.6 Å². The molecule has 0 amide bonds. The Labute approximate surface area is 308 Å². The number of methoxy groups -OCH3 is 2. The van der Waals surface area contributed by atoms with Crippen LogP contribution in [0.25, 0.3) is 0 Å². The second-order valence-corrected chi connectivity index (χ2v) is 14.5. The van der Waals surface area contributed by atoms with Crippen LogP contribution in [0.3, 0.4) is 0 Å². The molecule has 1 aromatic rings. The van der Waals surface area contributed by atoms with Crippen LogP contribution < -0.4 is 29.7 Å². The fourth-order valence-electron chi connectivity index (χ4n) is 4.64. The molecule has 12 N–H and O–H groups in total. The van der Waals surface area contributed by atoms with Gasteiger partial charge in [0.2, 0.25) is 28.7 Å². The lowest BCUT2D eigenvalue weighted by Crippen LogP contribution is -2.45. The molecule has 0 aliphatic heterocycles. The molecule has 7 atom stereocenters. The van der Waals surface area contributed by atoms with Gasteiger partial charge in [0, 0.05) is 20.6 Å². The Morgan fingerprint density at radius 2 is 1.13 bits per heavy atom. The predicted octanol–water partition coefficient (Wildman–Crippen LogP) is -3.18. The number of hydrogen-bond donors (Lipinski definition) is 13. The van der Waals surface area contributed by atoms with E-state index in [9.17, 15) is 55.6 Å². The summed E-state index contributed by atoms with van der Waals surface area (Å²) >= 11 is 0. The van der Waals surface area contributed by atoms with Gasteiger partial charge < -0.3 is 50.4 Å². The maximum absolute atomic E-state index is 11.2. The van der Waals surface area contributed by atoms with E-state index in [0.717, 1.165) is 4.90 Å². The number of aliphatic hydroxyl groups excluding tert-OH is 5. The maximum atomic E-state index is 11.2. The number of ether oxygens (including phenoxy) is 2. The SMILES string of the molecule is COC(CCCC(O)Nc1nc(NC(O)CCCC(O)NS(=O)(=O)O)nc(N(C(O)CCCC=O)C(O)CCCC(NS(=O)(=O)O)OC)n1)N[SH](=O)=O. The molecule has 310 valence electrons. The van der Waals surface area contributed by atoms with E-state index in [1.807, 2.05) is 4.72 Å². The summed E-state index contributed by atoms with van der Waals surface area (Å²) in [4.78, 5) is 24.4. The van der Waals surface area contributed by atoms with E-state index in [-0.39, 0.29) is 88.9 Å². The fourth-order valence-corrected chi connectivity index (χ4v) is 6.12. The first-order chi connectivity index (χ1) is 24.8. The summed E-state index contributed by atoms with van der Waals surface area (Å²) in [6.07, 6.45) is -8.87. The first-order valence-electron chi connectivity index (χ1n) is 16.1. The summed E-state index contributed by atoms with van der Waals surface area (Å²) in [7, 11) is -9.77. The molecule has 53 heavy (non-hydrogen) atoms. The Bertz CT molecular complexity index is 1500. The molecule has 1 heterocycles. The summed E-state index contributed by atoms with van der Waals surface area (Å²) in [6, 6.07) is 0. The van der Waals surface area contributed by atoms with Gasteiger partial charge in [0.25, 0.3) is 0 Å². The van der Waals surface area contributed by atoms with Gasteiger partial charge in [0.15, 0.2) is 0 Å². The Kier molecular flexibility index (Phi) is 22.7. The van der Waals surface area contributed by atoms with E-state index in [2.05, 4.69) is 30.3 Å². The topological polar surface area (TPSA) is 382 Å². The quantitative estimate of drug-likeness (QED) is 0.0115. The van der Waals surface area contributed by atoms with Crippen molar-refractivity contribution < 1.29 is 74.2 Å². The zero-order chi connectivity index (χ0) is 40.2. The highest BCUT2D eigenvalue weighted by Gasteiger charge is 2.28. The van der Waals surface area contributed by atoms with Gasteiger partial charge in [-0.15, -0.1) is 0 Å². The van der Waals surface area contributed by atoms with Gasteiger partial charge in [-0.25, -0.2) is 8.42 Å². The number of hydrogen-bond acceptors (Lipinski definition) is 20. The summed E-state index contributed by atoms with van der Waals surface area (Å²) in [5.41, 5.74) is 0. The van der Waals surface area contributed by atoms with Crippen LogP contribution in [0.2, 0.25) is 0 Å². The number of anilines is 3. The lowest BCUT2D eigenvalue weighted by Gasteiger charge is -2.33. The van der Waals surface area contributed by atoms with E-state index < -0.39 is 81.0 Å². The zero-order valence-electron chi connectivity index (χ0n) is 29.0. The lowest BCUT2D eigenvalue weighted by molar-refractivity contribution is -0.108. The molecule has 0 aliphatic rings. The van der Waals surface area contributed by atoms with Crippen LogP contribution in [0, 0.1) is 0 Å². The molecular formula is C25H51N9O16S3. The van der Waals surface area contributed by atoms with Crippen molar-refractivity contribution in [3.8, 4) is 0 Å². The van der Waals surface area contributed by atoms with E-state index in [1.54, 1.807) is 4.72 Å². The zero-order valence-corrected chi connectivity index (χ0v) is 31.5. The second kappa shape index (κ2) is 24.8. The molecule has 28 heteroatoms. The molecule has 25 nitrogen and oxygen atoms in total. The van der Waals surface area contributed by atoms with Crippen molar-refractivity contribution in [1.82, 2.24) is 29.1 Å². The Morgan fingerprint density at radius 1 is 0.679 bits per heavy atom. The minimum absolute atomic E-state index is 0.00668. The van der Waals surface area contributed by atoms with Crippen LogP contribution in [0.15, 0.2) is 0 Å². The van der Waals surface area contributed by atoms with Gasteiger partial charge in [-0.05, 0) is 70.6 Å². The van der Waals surface area contributed by atoms with Crippen LogP contribution in [0.1, 0.15) is 77.0 Å². The minimum Gasteiger partial charge on any atom is -0.378 e. The number of carbonyl (C=O) groups excluding carboxylic acids is 1. The standard InChI is InChI=1S/C25H51N9O16S3/c1-49-19(31-51(41)42)11-6-9-17(37)27-24-28-23(26-16(36)8-5-10-18(38)32-52(43,44)45)29-25(30-24)34(21(39)13-3-4-15-35)22(40)14-7-12-20(50-2)33-53(46,47)48/h15-22,32-33,36-40,51H,3-14H2,1-2H3,(H,31,41,42)(H,43,44,45)(H,46,47,48)(H2,26,27,28,29,30). The van der Waals surface area contributed by atoms with Crippen molar-refractivity contribution in [3.05, 3.63) is 0 Å². The molecular weight excluding hydrogens is 779 g/mol. The number of nitrogens with zero attached hydrogens (tertiary/aromatic N) is 4. The number of carbonyl (C=O) groups is 1. The number of aldehydes is 1. The van der Waals surface area contributed by atoms with E-state index in [1.165, 1.54) is 14.2 Å². The van der Waals surface area contributed by atoms with Crippen molar-refractivity contribution in [2.24, 2.45) is 0 Å². The predicted molar refractivity (Wildman–Crippen MR) is 185 cm³/mol. The van der Waals surface area contributed by atoms with E-state index in [0.29, 0.717) is 6.29 Å². The summed E-state index contributed by atoms with van der Waals surface area (Å²) in [5, 5.41) is 58.5. The molecule has 0 bridgehead atoms. The number of aromatic nitrogens is 3. The molecule has 1 rings (SSSR count). The monoisotopic (exact) mass is 829 g/mol. The normalized spacial score (nSPS) is 16.3. The van der Waals surface area contributed by atoms with E-state index in [4.69, 9.17) is 18.6 Å². The third kappa shape index (κ3) is 22.4. The highest BCUT2D eigenvalue weighted by Crippen LogP contribution is 2.24. The molecule has 0 spiro atoms. The van der Waals surface area contributed by atoms with Crippen molar-refractivity contribution in [1.29, 1.82) is 0 Å². The highest BCUT2D eigenvalue weighted by molar-refractivity contribution is 7.84. The summed E-state index contributed by atoms with van der Waals surface area (Å²) in [5.74, 6) is -1.08. The van der Waals surface area contributed by atoms with Crippen LogP contribution in [-0.2, 0) is 45.8 Å². The van der Waals surface area contributed by atoms with Gasteiger partial charge in [-0.3, -0.25) is 14.0 Å². The van der Waals surface area contributed by atoms with Crippen LogP contribution in [-0.4, -0.2) is 139 Å². The van der Waals surface area contributed by atoms with Gasteiger partial charge in [0.05, 0.1) is 0 Å². The minimum atomic E-state index is -4.68. The third-order valence-corrected chi connectivity index (χ3v) is 8.71. The average Bonchev–Trinajstić information content (AvgIpc) is 3.02. The van der Waals surface area contributed by atoms with Crippen LogP contribution in [0.5, 0.6) is 0 Å². The highest BCUT2D eigenvalue weighted by atomic mass is 32.2. The smallest absolute Gasteiger partial charge is 0.335 e. The number of aliphatic hydroxyl groups is 5. The molecule has 0 radical (unpaired) electrons. The maximum Gasteiger partial charge on any atom is 0.335 e. The van der Waals surface area contributed by atoms with Gasteiger partial charge >= 0.3 is 20.6 Å². The Balaban J connectivity index is 3.35.